The van der Waals surface area contributed by atoms with Gasteiger partial charge in [0, 0.05) is 0 Å². The maximum absolute atomic E-state index is 10.9. The van der Waals surface area contributed by atoms with E-state index < -0.39 is 5.97 Å². The quantitative estimate of drug-likeness (QED) is 0.689. The molecule has 0 atom stereocenters. The van der Waals surface area contributed by atoms with E-state index in [9.17, 15) is 4.79 Å². The summed E-state index contributed by atoms with van der Waals surface area (Å²) in [7, 11) is 1.31. The number of halogens is 1. The van der Waals surface area contributed by atoms with Crippen LogP contribution in [0.3, 0.4) is 0 Å². The molecule has 0 aliphatic rings. The molecular formula is C6H6ClNO2S. The molecule has 0 spiro atoms. The van der Waals surface area contributed by atoms with Crippen molar-refractivity contribution >= 4 is 34.6 Å². The second kappa shape index (κ2) is 3.11. The number of methoxy groups -OCH3 is 1. The Labute approximate surface area is 72.7 Å². The van der Waals surface area contributed by atoms with E-state index in [1.54, 1.807) is 0 Å². The van der Waals surface area contributed by atoms with Crippen molar-refractivity contribution in [3.8, 4) is 0 Å². The second-order valence-corrected chi connectivity index (χ2v) is 3.49. The Bertz CT molecular complexity index is 265. The van der Waals surface area contributed by atoms with Gasteiger partial charge < -0.3 is 10.5 Å². The van der Waals surface area contributed by atoms with Crippen molar-refractivity contribution in [3.05, 3.63) is 15.3 Å². The third kappa shape index (κ3) is 1.64. The summed E-state index contributed by atoms with van der Waals surface area (Å²) in [6.07, 6.45) is 0. The highest BCUT2D eigenvalue weighted by Crippen LogP contribution is 2.29. The number of carbonyl (C=O) groups is 1. The molecule has 0 saturated heterocycles. The van der Waals surface area contributed by atoms with Crippen LogP contribution in [0.15, 0.2) is 6.07 Å². The van der Waals surface area contributed by atoms with Crippen LogP contribution in [0.1, 0.15) is 9.67 Å². The lowest BCUT2D eigenvalue weighted by molar-refractivity contribution is 0.0606. The first-order valence-corrected chi connectivity index (χ1v) is 3.97. The van der Waals surface area contributed by atoms with Crippen molar-refractivity contribution in [1.82, 2.24) is 0 Å². The highest BCUT2D eigenvalue weighted by atomic mass is 35.5. The van der Waals surface area contributed by atoms with E-state index in [1.165, 1.54) is 13.2 Å². The van der Waals surface area contributed by atoms with Crippen molar-refractivity contribution in [2.24, 2.45) is 0 Å². The molecule has 0 unspecified atom stereocenters. The number of anilines is 1. The first kappa shape index (κ1) is 8.36. The number of ether oxygens (including phenoxy) is 1. The number of hydrogen-bond donors (Lipinski definition) is 1. The van der Waals surface area contributed by atoms with Crippen molar-refractivity contribution in [2.45, 2.75) is 0 Å². The average Bonchev–Trinajstić information content (AvgIpc) is 2.31. The summed E-state index contributed by atoms with van der Waals surface area (Å²) in [6, 6.07) is 1.50. The number of carbonyl (C=O) groups excluding carboxylic acids is 1. The zero-order valence-electron chi connectivity index (χ0n) is 5.76. The average molecular weight is 192 g/mol. The number of hydrogen-bond acceptors (Lipinski definition) is 4. The fourth-order valence-electron chi connectivity index (χ4n) is 0.584. The Hall–Kier alpha value is -0.740. The lowest BCUT2D eigenvalue weighted by atomic mass is 10.4. The molecule has 2 N–H and O–H groups in total. The van der Waals surface area contributed by atoms with Crippen LogP contribution >= 0.6 is 22.9 Å². The summed E-state index contributed by atoms with van der Waals surface area (Å²) < 4.78 is 4.88. The maximum atomic E-state index is 10.9. The molecule has 1 heterocycles. The molecule has 3 nitrogen and oxygen atoms in total. The molecule has 1 rings (SSSR count). The van der Waals surface area contributed by atoms with Gasteiger partial charge in [-0.05, 0) is 6.07 Å². The van der Waals surface area contributed by atoms with Crippen LogP contribution in [-0.2, 0) is 4.74 Å². The summed E-state index contributed by atoms with van der Waals surface area (Å²) in [4.78, 5) is 11.3. The molecule has 0 radical (unpaired) electrons. The Kier molecular flexibility index (Phi) is 2.36. The zero-order valence-corrected chi connectivity index (χ0v) is 7.33. The Balaban J connectivity index is 2.97. The van der Waals surface area contributed by atoms with Crippen LogP contribution in [-0.4, -0.2) is 13.1 Å². The number of thiophene rings is 1. The van der Waals surface area contributed by atoms with E-state index in [-0.39, 0.29) is 0 Å². The number of rotatable bonds is 1. The van der Waals surface area contributed by atoms with E-state index in [4.69, 9.17) is 17.3 Å². The van der Waals surface area contributed by atoms with Gasteiger partial charge in [-0.3, -0.25) is 0 Å². The summed E-state index contributed by atoms with van der Waals surface area (Å²) in [5.74, 6) is -0.409. The predicted molar refractivity (Wildman–Crippen MR) is 45.1 cm³/mol. The number of nitrogens with two attached hydrogens (primary N) is 1. The van der Waals surface area contributed by atoms with Crippen LogP contribution in [0.25, 0.3) is 0 Å². The van der Waals surface area contributed by atoms with E-state index >= 15 is 0 Å². The van der Waals surface area contributed by atoms with Gasteiger partial charge in [-0.25, -0.2) is 4.79 Å². The first-order valence-electron chi connectivity index (χ1n) is 2.78. The molecule has 0 bridgehead atoms. The molecule has 11 heavy (non-hydrogen) atoms. The zero-order chi connectivity index (χ0) is 8.43. The van der Waals surface area contributed by atoms with Gasteiger partial charge in [-0.15, -0.1) is 11.3 Å². The molecule has 0 aliphatic carbocycles. The number of nitrogen functional groups attached to an aromatic ring is 1. The van der Waals surface area contributed by atoms with Crippen LogP contribution in [0, 0.1) is 0 Å². The molecule has 60 valence electrons. The summed E-state index contributed by atoms with van der Waals surface area (Å²) in [5.41, 5.74) is 5.82. The third-order valence-electron chi connectivity index (χ3n) is 1.10. The van der Waals surface area contributed by atoms with E-state index in [1.807, 2.05) is 0 Å². The molecule has 0 fully saturated rings. The van der Waals surface area contributed by atoms with Gasteiger partial charge in [-0.1, -0.05) is 11.6 Å². The Morgan fingerprint density at radius 1 is 1.82 bits per heavy atom. The molecule has 0 saturated carbocycles. The van der Waals surface area contributed by atoms with Crippen LogP contribution in [0.4, 0.5) is 5.69 Å². The monoisotopic (exact) mass is 191 g/mol. The second-order valence-electron chi connectivity index (χ2n) is 1.83. The van der Waals surface area contributed by atoms with Crippen molar-refractivity contribution in [2.75, 3.05) is 12.8 Å². The topological polar surface area (TPSA) is 52.3 Å². The van der Waals surface area contributed by atoms with Crippen LogP contribution in [0.5, 0.6) is 0 Å². The highest BCUT2D eigenvalue weighted by molar-refractivity contribution is 7.18. The van der Waals surface area contributed by atoms with Gasteiger partial charge in [0.1, 0.15) is 9.21 Å². The lowest BCUT2D eigenvalue weighted by Gasteiger charge is -1.90. The van der Waals surface area contributed by atoms with Gasteiger partial charge in [0.05, 0.1) is 12.8 Å². The highest BCUT2D eigenvalue weighted by Gasteiger charge is 2.11. The van der Waals surface area contributed by atoms with E-state index in [0.29, 0.717) is 14.9 Å². The Morgan fingerprint density at radius 2 is 2.45 bits per heavy atom. The van der Waals surface area contributed by atoms with Gasteiger partial charge in [-0.2, -0.15) is 0 Å². The van der Waals surface area contributed by atoms with Crippen LogP contribution < -0.4 is 5.73 Å². The summed E-state index contributed by atoms with van der Waals surface area (Å²) in [5, 5.41) is 0. The number of esters is 1. The minimum Gasteiger partial charge on any atom is -0.465 e. The normalized spacial score (nSPS) is 9.64. The van der Waals surface area contributed by atoms with Gasteiger partial charge in [0.15, 0.2) is 0 Å². The van der Waals surface area contributed by atoms with Gasteiger partial charge >= 0.3 is 5.97 Å². The largest absolute Gasteiger partial charge is 0.465 e. The maximum Gasteiger partial charge on any atom is 0.348 e. The van der Waals surface area contributed by atoms with Crippen molar-refractivity contribution < 1.29 is 9.53 Å². The van der Waals surface area contributed by atoms with Crippen molar-refractivity contribution in [1.29, 1.82) is 0 Å². The van der Waals surface area contributed by atoms with Crippen molar-refractivity contribution in [3.63, 3.8) is 0 Å². The molecule has 0 aliphatic heterocycles. The molecule has 1 aromatic heterocycles. The van der Waals surface area contributed by atoms with E-state index in [2.05, 4.69) is 4.74 Å². The minimum absolute atomic E-state index is 0.409. The molecule has 0 amide bonds. The SMILES string of the molecule is COC(=O)c1cc(N)c(Cl)s1. The van der Waals surface area contributed by atoms with Crippen LogP contribution in [0.2, 0.25) is 4.34 Å². The predicted octanol–water partition coefficient (Wildman–Crippen LogP) is 1.77. The first-order chi connectivity index (χ1) is 5.15. The third-order valence-corrected chi connectivity index (χ3v) is 2.47. The standard InChI is InChI=1S/C6H6ClNO2S/c1-10-6(9)4-2-3(8)5(7)11-4/h2H,8H2,1H3. The summed E-state index contributed by atoms with van der Waals surface area (Å²) in [6.45, 7) is 0. The van der Waals surface area contributed by atoms with E-state index in [0.717, 1.165) is 11.3 Å². The smallest absolute Gasteiger partial charge is 0.348 e. The minimum atomic E-state index is -0.409. The molecule has 5 heteroatoms. The fourth-order valence-corrected chi connectivity index (χ4v) is 1.61. The Morgan fingerprint density at radius 3 is 2.82 bits per heavy atom. The molecule has 1 aromatic rings. The molecule has 0 aromatic carbocycles. The molecular weight excluding hydrogens is 186 g/mol. The summed E-state index contributed by atoms with van der Waals surface area (Å²) >= 11 is 6.73. The van der Waals surface area contributed by atoms with Gasteiger partial charge in [0.25, 0.3) is 0 Å². The lowest BCUT2D eigenvalue weighted by Crippen LogP contribution is -1.97. The fraction of sp³-hybridized carbons (Fsp3) is 0.167. The van der Waals surface area contributed by atoms with Gasteiger partial charge in [0.2, 0.25) is 0 Å².